The molecule has 2 nitrogen and oxygen atoms in total. The van der Waals surface area contributed by atoms with Gasteiger partial charge in [0.1, 0.15) is 5.75 Å². The fourth-order valence-electron chi connectivity index (χ4n) is 3.39. The molecular weight excluding hydrogens is 246 g/mol. The van der Waals surface area contributed by atoms with E-state index in [-0.39, 0.29) is 0 Å². The predicted octanol–water partition coefficient (Wildman–Crippen LogP) is 4.71. The van der Waals surface area contributed by atoms with E-state index in [2.05, 4.69) is 36.6 Å². The van der Waals surface area contributed by atoms with Gasteiger partial charge >= 0.3 is 0 Å². The minimum atomic E-state index is 0.416. The van der Waals surface area contributed by atoms with Gasteiger partial charge in [0.05, 0.1) is 6.61 Å². The van der Waals surface area contributed by atoms with Gasteiger partial charge < -0.3 is 10.1 Å². The summed E-state index contributed by atoms with van der Waals surface area (Å²) in [5.74, 6) is 1.98. The predicted molar refractivity (Wildman–Crippen MR) is 85.2 cm³/mol. The second-order valence-corrected chi connectivity index (χ2v) is 5.89. The van der Waals surface area contributed by atoms with Gasteiger partial charge in [-0.1, -0.05) is 50.3 Å². The SMILES string of the molecule is CCOc1ccccc1C(CCC1CCCCC1)NC. The first-order chi connectivity index (χ1) is 9.85. The van der Waals surface area contributed by atoms with E-state index in [1.165, 1.54) is 50.5 Å². The van der Waals surface area contributed by atoms with Gasteiger partial charge in [0.25, 0.3) is 0 Å². The zero-order valence-electron chi connectivity index (χ0n) is 13.0. The molecule has 112 valence electrons. The van der Waals surface area contributed by atoms with Crippen LogP contribution in [0, 0.1) is 5.92 Å². The highest BCUT2D eigenvalue weighted by Crippen LogP contribution is 2.33. The van der Waals surface area contributed by atoms with E-state index < -0.39 is 0 Å². The van der Waals surface area contributed by atoms with Crippen LogP contribution in [0.2, 0.25) is 0 Å². The van der Waals surface area contributed by atoms with Crippen LogP contribution in [0.15, 0.2) is 24.3 Å². The highest BCUT2D eigenvalue weighted by molar-refractivity contribution is 5.35. The molecule has 0 spiro atoms. The van der Waals surface area contributed by atoms with E-state index in [1.54, 1.807) is 0 Å². The average Bonchev–Trinajstić information content (AvgIpc) is 2.51. The van der Waals surface area contributed by atoms with E-state index in [9.17, 15) is 0 Å². The summed E-state index contributed by atoms with van der Waals surface area (Å²) < 4.78 is 5.77. The van der Waals surface area contributed by atoms with Crippen molar-refractivity contribution < 1.29 is 4.74 Å². The molecule has 0 bridgehead atoms. The van der Waals surface area contributed by atoms with Gasteiger partial charge in [-0.25, -0.2) is 0 Å². The molecule has 20 heavy (non-hydrogen) atoms. The topological polar surface area (TPSA) is 21.3 Å². The first kappa shape index (κ1) is 15.4. The van der Waals surface area contributed by atoms with Gasteiger partial charge in [-0.2, -0.15) is 0 Å². The molecule has 1 aromatic carbocycles. The minimum Gasteiger partial charge on any atom is -0.494 e. The maximum absolute atomic E-state index is 5.77. The third-order valence-corrected chi connectivity index (χ3v) is 4.53. The zero-order chi connectivity index (χ0) is 14.2. The van der Waals surface area contributed by atoms with Gasteiger partial charge in [0, 0.05) is 11.6 Å². The highest BCUT2D eigenvalue weighted by atomic mass is 16.5. The standard InChI is InChI=1S/C18H29NO/c1-3-20-18-12-8-7-11-16(18)17(19-2)14-13-15-9-5-4-6-10-15/h7-8,11-12,15,17,19H,3-6,9-10,13-14H2,1-2H3. The summed E-state index contributed by atoms with van der Waals surface area (Å²) in [4.78, 5) is 0. The summed E-state index contributed by atoms with van der Waals surface area (Å²) in [5.41, 5.74) is 1.31. The molecular formula is C18H29NO. The van der Waals surface area contributed by atoms with Crippen LogP contribution in [0.5, 0.6) is 5.75 Å². The molecule has 0 saturated heterocycles. The monoisotopic (exact) mass is 275 g/mol. The van der Waals surface area contributed by atoms with Gasteiger partial charge in [-0.05, 0) is 38.8 Å². The van der Waals surface area contributed by atoms with Crippen molar-refractivity contribution in [3.05, 3.63) is 29.8 Å². The summed E-state index contributed by atoms with van der Waals surface area (Å²) in [7, 11) is 2.06. The smallest absolute Gasteiger partial charge is 0.124 e. The summed E-state index contributed by atoms with van der Waals surface area (Å²) in [6, 6.07) is 8.88. The Labute approximate surface area is 123 Å². The highest BCUT2D eigenvalue weighted by Gasteiger charge is 2.18. The first-order valence-electron chi connectivity index (χ1n) is 8.24. The Kier molecular flexibility index (Phi) is 6.38. The summed E-state index contributed by atoms with van der Waals surface area (Å²) in [5, 5.41) is 3.48. The molecule has 2 heteroatoms. The van der Waals surface area contributed by atoms with Gasteiger partial charge in [-0.15, -0.1) is 0 Å². The fraction of sp³-hybridized carbons (Fsp3) is 0.667. The van der Waals surface area contributed by atoms with Crippen molar-refractivity contribution in [2.24, 2.45) is 5.92 Å². The van der Waals surface area contributed by atoms with Crippen molar-refractivity contribution in [1.29, 1.82) is 0 Å². The van der Waals surface area contributed by atoms with Gasteiger partial charge in [0.15, 0.2) is 0 Å². The number of rotatable bonds is 7. The van der Waals surface area contributed by atoms with Crippen LogP contribution < -0.4 is 10.1 Å². The van der Waals surface area contributed by atoms with Crippen molar-refractivity contribution in [3.8, 4) is 5.75 Å². The number of para-hydroxylation sites is 1. The molecule has 1 aromatic rings. The molecule has 2 rings (SSSR count). The lowest BCUT2D eigenvalue weighted by molar-refractivity contribution is 0.308. The third kappa shape index (κ3) is 4.24. The van der Waals surface area contributed by atoms with Crippen molar-refractivity contribution in [2.75, 3.05) is 13.7 Å². The van der Waals surface area contributed by atoms with Crippen molar-refractivity contribution >= 4 is 0 Å². The summed E-state index contributed by atoms with van der Waals surface area (Å²) in [6.45, 7) is 2.78. The summed E-state index contributed by atoms with van der Waals surface area (Å²) >= 11 is 0. The largest absolute Gasteiger partial charge is 0.494 e. The Morgan fingerprint density at radius 3 is 2.65 bits per heavy atom. The molecule has 0 heterocycles. The number of nitrogens with one attached hydrogen (secondary N) is 1. The fourth-order valence-corrected chi connectivity index (χ4v) is 3.39. The Morgan fingerprint density at radius 1 is 1.20 bits per heavy atom. The second-order valence-electron chi connectivity index (χ2n) is 5.89. The number of hydrogen-bond acceptors (Lipinski definition) is 2. The summed E-state index contributed by atoms with van der Waals surface area (Å²) in [6.07, 6.45) is 9.73. The van der Waals surface area contributed by atoms with Crippen LogP contribution in [-0.4, -0.2) is 13.7 Å². The number of hydrogen-bond donors (Lipinski definition) is 1. The van der Waals surface area contributed by atoms with E-state index in [4.69, 9.17) is 4.74 Å². The van der Waals surface area contributed by atoms with Gasteiger partial charge in [0.2, 0.25) is 0 Å². The molecule has 0 aliphatic heterocycles. The lowest BCUT2D eigenvalue weighted by Crippen LogP contribution is -2.19. The molecule has 1 fully saturated rings. The minimum absolute atomic E-state index is 0.416. The molecule has 1 aliphatic rings. The maximum atomic E-state index is 5.77. The van der Waals surface area contributed by atoms with E-state index in [1.807, 2.05) is 6.92 Å². The van der Waals surface area contributed by atoms with Crippen LogP contribution in [-0.2, 0) is 0 Å². The van der Waals surface area contributed by atoms with Crippen LogP contribution in [0.4, 0.5) is 0 Å². The van der Waals surface area contributed by atoms with Gasteiger partial charge in [-0.3, -0.25) is 0 Å². The molecule has 1 unspecified atom stereocenters. The van der Waals surface area contributed by atoms with Crippen LogP contribution in [0.3, 0.4) is 0 Å². The van der Waals surface area contributed by atoms with Crippen LogP contribution >= 0.6 is 0 Å². The molecule has 1 atom stereocenters. The maximum Gasteiger partial charge on any atom is 0.124 e. The van der Waals surface area contributed by atoms with Crippen LogP contribution in [0.25, 0.3) is 0 Å². The number of ether oxygens (including phenoxy) is 1. The molecule has 1 N–H and O–H groups in total. The van der Waals surface area contributed by atoms with Crippen LogP contribution in [0.1, 0.15) is 63.5 Å². The zero-order valence-corrected chi connectivity index (χ0v) is 13.0. The molecule has 1 aliphatic carbocycles. The lowest BCUT2D eigenvalue weighted by Gasteiger charge is -2.25. The third-order valence-electron chi connectivity index (χ3n) is 4.53. The Bertz CT molecular complexity index is 385. The van der Waals surface area contributed by atoms with E-state index in [0.29, 0.717) is 6.04 Å². The molecule has 1 saturated carbocycles. The Morgan fingerprint density at radius 2 is 1.95 bits per heavy atom. The Balaban J connectivity index is 1.96. The number of benzene rings is 1. The first-order valence-corrected chi connectivity index (χ1v) is 8.24. The lowest BCUT2D eigenvalue weighted by atomic mass is 9.84. The molecule has 0 amide bonds. The molecule has 0 aromatic heterocycles. The van der Waals surface area contributed by atoms with Crippen molar-refractivity contribution in [1.82, 2.24) is 5.32 Å². The quantitative estimate of drug-likeness (QED) is 0.778. The normalized spacial score (nSPS) is 17.9. The Hall–Kier alpha value is -1.02. The van der Waals surface area contributed by atoms with E-state index in [0.717, 1.165) is 18.3 Å². The van der Waals surface area contributed by atoms with E-state index >= 15 is 0 Å². The van der Waals surface area contributed by atoms with Crippen molar-refractivity contribution in [2.45, 2.75) is 57.9 Å². The average molecular weight is 275 g/mol. The second kappa shape index (κ2) is 8.31. The van der Waals surface area contributed by atoms with Crippen molar-refractivity contribution in [3.63, 3.8) is 0 Å². The molecule has 0 radical (unpaired) electrons.